The minimum absolute atomic E-state index is 0.105. The van der Waals surface area contributed by atoms with Crippen LogP contribution in [0.25, 0.3) is 0 Å². The lowest BCUT2D eigenvalue weighted by molar-refractivity contribution is -0.166. The zero-order chi connectivity index (χ0) is 59.9. The van der Waals surface area contributed by atoms with Crippen LogP contribution in [0.3, 0.4) is 0 Å². The number of esters is 3. The van der Waals surface area contributed by atoms with Gasteiger partial charge in [0, 0.05) is 19.3 Å². The van der Waals surface area contributed by atoms with Crippen molar-refractivity contribution in [1.29, 1.82) is 0 Å². The van der Waals surface area contributed by atoms with Crippen LogP contribution in [0.5, 0.6) is 0 Å². The summed E-state index contributed by atoms with van der Waals surface area (Å²) in [6.45, 7) is 6.39. The first-order valence-electron chi connectivity index (χ1n) is 35.0. The molecule has 0 heterocycles. The Bertz CT molecular complexity index is 1700. The highest BCUT2D eigenvalue weighted by molar-refractivity contribution is 5.71. The fourth-order valence-corrected chi connectivity index (χ4v) is 9.82. The van der Waals surface area contributed by atoms with Crippen LogP contribution in [-0.4, -0.2) is 37.2 Å². The summed E-state index contributed by atoms with van der Waals surface area (Å²) >= 11 is 0. The molecule has 0 saturated carbocycles. The Morgan fingerprint density at radius 1 is 0.253 bits per heavy atom. The molecular formula is C77H130O6. The van der Waals surface area contributed by atoms with Crippen molar-refractivity contribution in [2.45, 2.75) is 335 Å². The van der Waals surface area contributed by atoms with Crippen molar-refractivity contribution >= 4 is 17.9 Å². The second kappa shape index (κ2) is 70.3. The van der Waals surface area contributed by atoms with Gasteiger partial charge in [0.1, 0.15) is 13.2 Å². The van der Waals surface area contributed by atoms with Gasteiger partial charge < -0.3 is 14.2 Å². The van der Waals surface area contributed by atoms with E-state index in [-0.39, 0.29) is 37.5 Å². The average molecular weight is 1150 g/mol. The highest BCUT2D eigenvalue weighted by atomic mass is 16.6. The van der Waals surface area contributed by atoms with Gasteiger partial charge in [-0.2, -0.15) is 0 Å². The van der Waals surface area contributed by atoms with E-state index < -0.39 is 6.10 Å². The number of allylic oxidation sites excluding steroid dienone is 20. The van der Waals surface area contributed by atoms with Gasteiger partial charge in [-0.05, 0) is 96.3 Å². The van der Waals surface area contributed by atoms with E-state index in [1.807, 2.05) is 6.08 Å². The molecule has 0 aliphatic carbocycles. The highest BCUT2D eigenvalue weighted by Crippen LogP contribution is 2.17. The number of ether oxygens (including phenoxy) is 3. The molecule has 0 aromatic heterocycles. The molecular weight excluding hydrogens is 1020 g/mol. The molecule has 1 atom stereocenters. The molecule has 6 heteroatoms. The molecule has 0 aliphatic heterocycles. The average Bonchev–Trinajstić information content (AvgIpc) is 3.49. The third kappa shape index (κ3) is 68.5. The van der Waals surface area contributed by atoms with Crippen molar-refractivity contribution < 1.29 is 28.6 Å². The van der Waals surface area contributed by atoms with Gasteiger partial charge in [0.25, 0.3) is 0 Å². The number of hydrogen-bond acceptors (Lipinski definition) is 6. The summed E-state index contributed by atoms with van der Waals surface area (Å²) in [6, 6.07) is 0. The maximum absolute atomic E-state index is 12.9. The van der Waals surface area contributed by atoms with Crippen LogP contribution in [0.2, 0.25) is 0 Å². The number of carbonyl (C=O) groups is 3. The van der Waals surface area contributed by atoms with Crippen molar-refractivity contribution in [2.75, 3.05) is 13.2 Å². The largest absolute Gasteiger partial charge is 0.462 e. The van der Waals surface area contributed by atoms with Crippen LogP contribution in [0.15, 0.2) is 122 Å². The summed E-state index contributed by atoms with van der Waals surface area (Å²) in [4.78, 5) is 38.4. The number of rotatable bonds is 63. The van der Waals surface area contributed by atoms with Gasteiger partial charge in [-0.15, -0.1) is 0 Å². The van der Waals surface area contributed by atoms with E-state index in [9.17, 15) is 14.4 Å². The monoisotopic (exact) mass is 1150 g/mol. The predicted octanol–water partition coefficient (Wildman–Crippen LogP) is 24.3. The first kappa shape index (κ1) is 78.8. The summed E-state index contributed by atoms with van der Waals surface area (Å²) in [7, 11) is 0. The Kier molecular flexibility index (Phi) is 66.7. The summed E-state index contributed by atoms with van der Waals surface area (Å²) in [5, 5.41) is 0. The standard InChI is InChI=1S/C77H130O6/c1-4-7-10-13-16-19-22-25-28-30-32-33-34-35-36-37-38-39-40-41-42-43-45-46-49-52-55-58-61-64-67-70-76(79)82-73-74(72-81-75(78)69-66-63-60-57-54-51-48-27-24-21-18-15-12-9-6-3)83-77(80)71-68-65-62-59-56-53-50-47-44-31-29-26-23-20-17-14-11-8-5-2/h7-8,10-11,16-17,19-20,25-26,28-29,32-33,44,47,53,56,62,65,74H,4-6,9,12-15,18,21-24,27,30-31,34-43,45-46,48-52,54-55,57-61,63-64,66-73H2,1-3H3/b10-7-,11-8-,19-16-,20-17-,28-25-,29-26-,33-32-,47-44-,56-53-,65-62-. The van der Waals surface area contributed by atoms with Gasteiger partial charge in [0.05, 0.1) is 0 Å². The van der Waals surface area contributed by atoms with Gasteiger partial charge in [0.2, 0.25) is 0 Å². The quantitative estimate of drug-likeness (QED) is 0.0261. The lowest BCUT2D eigenvalue weighted by atomic mass is 10.0. The topological polar surface area (TPSA) is 78.9 Å². The summed E-state index contributed by atoms with van der Waals surface area (Å²) in [5.41, 5.74) is 0. The van der Waals surface area contributed by atoms with Crippen molar-refractivity contribution in [2.24, 2.45) is 0 Å². The molecule has 83 heavy (non-hydrogen) atoms. The molecule has 0 N–H and O–H groups in total. The summed E-state index contributed by atoms with van der Waals surface area (Å²) < 4.78 is 16.9. The third-order valence-electron chi connectivity index (χ3n) is 15.0. The maximum Gasteiger partial charge on any atom is 0.306 e. The zero-order valence-corrected chi connectivity index (χ0v) is 54.4. The van der Waals surface area contributed by atoms with E-state index in [1.54, 1.807) is 0 Å². The number of unbranched alkanes of at least 4 members (excludes halogenated alkanes) is 32. The molecule has 0 spiro atoms. The Hall–Kier alpha value is -4.19. The SMILES string of the molecule is CC/C=C\C/C=C\C/C=C\C/C=C\C/C=C\C/C=C\CCC(=O)OC(COC(=O)CCCCCCCCCCCCCCCCC)COC(=O)CCCCCCCCCCCCCCCCCCCC/C=C\C/C=C\C/C=C\C/C=C\CC. The van der Waals surface area contributed by atoms with E-state index in [0.29, 0.717) is 19.3 Å². The van der Waals surface area contributed by atoms with Gasteiger partial charge in [-0.3, -0.25) is 14.4 Å². The lowest BCUT2D eigenvalue weighted by Crippen LogP contribution is -2.30. The lowest BCUT2D eigenvalue weighted by Gasteiger charge is -2.18. The summed E-state index contributed by atoms with van der Waals surface area (Å²) in [5.74, 6) is -0.976. The minimum atomic E-state index is -0.819. The zero-order valence-electron chi connectivity index (χ0n) is 54.4. The van der Waals surface area contributed by atoms with Gasteiger partial charge in [-0.25, -0.2) is 0 Å². The molecule has 1 unspecified atom stereocenters. The molecule has 474 valence electrons. The molecule has 0 bridgehead atoms. The van der Waals surface area contributed by atoms with E-state index in [2.05, 4.69) is 136 Å². The Balaban J connectivity index is 4.31. The first-order chi connectivity index (χ1) is 41.0. The van der Waals surface area contributed by atoms with Crippen LogP contribution in [0.4, 0.5) is 0 Å². The van der Waals surface area contributed by atoms with Gasteiger partial charge in [-0.1, -0.05) is 335 Å². The van der Waals surface area contributed by atoms with Gasteiger partial charge >= 0.3 is 17.9 Å². The second-order valence-electron chi connectivity index (χ2n) is 23.0. The normalized spacial score (nSPS) is 12.9. The number of hydrogen-bond donors (Lipinski definition) is 0. The van der Waals surface area contributed by atoms with E-state index in [0.717, 1.165) is 103 Å². The fourth-order valence-electron chi connectivity index (χ4n) is 9.82. The molecule has 0 aromatic carbocycles. The van der Waals surface area contributed by atoms with Crippen molar-refractivity contribution in [1.82, 2.24) is 0 Å². The van der Waals surface area contributed by atoms with E-state index >= 15 is 0 Å². The fraction of sp³-hybridized carbons (Fsp3) is 0.701. The molecule has 0 radical (unpaired) electrons. The van der Waals surface area contributed by atoms with Crippen LogP contribution < -0.4 is 0 Å². The Labute approximate surface area is 513 Å². The molecule has 0 rings (SSSR count). The highest BCUT2D eigenvalue weighted by Gasteiger charge is 2.19. The maximum atomic E-state index is 12.9. The molecule has 0 saturated heterocycles. The second-order valence-corrected chi connectivity index (χ2v) is 23.0. The first-order valence-corrected chi connectivity index (χ1v) is 35.0. The molecule has 0 amide bonds. The molecule has 0 aliphatic rings. The Morgan fingerprint density at radius 2 is 0.494 bits per heavy atom. The summed E-state index contributed by atoms with van der Waals surface area (Å²) in [6.07, 6.45) is 98.1. The number of carbonyl (C=O) groups excluding carboxylic acids is 3. The molecule has 0 fully saturated rings. The minimum Gasteiger partial charge on any atom is -0.462 e. The van der Waals surface area contributed by atoms with Crippen molar-refractivity contribution in [3.8, 4) is 0 Å². The van der Waals surface area contributed by atoms with Crippen LogP contribution >= 0.6 is 0 Å². The van der Waals surface area contributed by atoms with Crippen molar-refractivity contribution in [3.05, 3.63) is 122 Å². The van der Waals surface area contributed by atoms with Crippen molar-refractivity contribution in [3.63, 3.8) is 0 Å². The smallest absolute Gasteiger partial charge is 0.306 e. The van der Waals surface area contributed by atoms with E-state index in [1.165, 1.54) is 180 Å². The molecule has 0 aromatic rings. The van der Waals surface area contributed by atoms with E-state index in [4.69, 9.17) is 14.2 Å². The van der Waals surface area contributed by atoms with Crippen LogP contribution in [0, 0.1) is 0 Å². The predicted molar refractivity (Wildman–Crippen MR) is 362 cm³/mol. The molecule has 6 nitrogen and oxygen atoms in total. The van der Waals surface area contributed by atoms with Crippen LogP contribution in [0.1, 0.15) is 329 Å². The van der Waals surface area contributed by atoms with Gasteiger partial charge in [0.15, 0.2) is 6.10 Å². The third-order valence-corrected chi connectivity index (χ3v) is 15.0. The Morgan fingerprint density at radius 3 is 0.783 bits per heavy atom. The van der Waals surface area contributed by atoms with Crippen LogP contribution in [-0.2, 0) is 28.6 Å².